The number of unbranched alkanes of at least 4 members (excludes halogenated alkanes) is 1. The molecule has 2 rings (SSSR count). The SMILES string of the molecule is CCC(CC)(c1ccc(OCCCCC(=O)NO)cc1)c1nc(C)c(CCC(O)C(C)(C)C)s1. The lowest BCUT2D eigenvalue weighted by molar-refractivity contribution is -0.129. The van der Waals surface area contributed by atoms with Crippen LogP contribution in [0.2, 0.25) is 0 Å². The van der Waals surface area contributed by atoms with Crippen LogP contribution in [0.3, 0.4) is 0 Å². The van der Waals surface area contributed by atoms with Crippen LogP contribution in [0.15, 0.2) is 24.3 Å². The van der Waals surface area contributed by atoms with Crippen LogP contribution in [0.1, 0.15) is 94.3 Å². The molecule has 1 unspecified atom stereocenters. The quantitative estimate of drug-likeness (QED) is 0.183. The van der Waals surface area contributed by atoms with Crippen molar-refractivity contribution in [2.75, 3.05) is 6.61 Å². The maximum absolute atomic E-state index is 11.1. The van der Waals surface area contributed by atoms with Crippen molar-refractivity contribution in [3.63, 3.8) is 0 Å². The molecule has 0 aliphatic heterocycles. The molecule has 0 radical (unpaired) electrons. The van der Waals surface area contributed by atoms with Crippen molar-refractivity contribution in [1.82, 2.24) is 10.5 Å². The van der Waals surface area contributed by atoms with Crippen LogP contribution < -0.4 is 10.2 Å². The summed E-state index contributed by atoms with van der Waals surface area (Å²) in [5.74, 6) is 0.439. The molecule has 190 valence electrons. The van der Waals surface area contributed by atoms with Crippen LogP contribution in [-0.2, 0) is 16.6 Å². The number of nitrogens with zero attached hydrogens (tertiary/aromatic N) is 1. The van der Waals surface area contributed by atoms with Crippen molar-refractivity contribution in [3.8, 4) is 5.75 Å². The Morgan fingerprint density at radius 3 is 2.35 bits per heavy atom. The Kier molecular flexibility index (Phi) is 10.5. The minimum atomic E-state index is -0.370. The summed E-state index contributed by atoms with van der Waals surface area (Å²) in [5, 5.41) is 20.2. The van der Waals surface area contributed by atoms with Crippen LogP contribution in [0.5, 0.6) is 5.75 Å². The number of aliphatic hydroxyl groups is 1. The third kappa shape index (κ3) is 7.27. The van der Waals surface area contributed by atoms with Crippen molar-refractivity contribution >= 4 is 17.2 Å². The Morgan fingerprint density at radius 2 is 1.79 bits per heavy atom. The second-order valence-electron chi connectivity index (χ2n) is 10.1. The standard InChI is InChI=1S/C27H42N2O4S/c1-7-27(8-2,25-28-19(3)22(34-25)16-17-23(30)26(4,5)6)20-12-14-21(15-13-20)33-18-10-9-11-24(31)29-32/h12-15,23,30,32H,7-11,16-18H2,1-6H3,(H,29,31). The van der Waals surface area contributed by atoms with Crippen molar-refractivity contribution in [2.24, 2.45) is 5.41 Å². The first kappa shape index (κ1) is 28.3. The molecule has 1 atom stereocenters. The Balaban J connectivity index is 2.10. The molecular weight excluding hydrogens is 448 g/mol. The fourth-order valence-corrected chi connectivity index (χ4v) is 5.58. The van der Waals surface area contributed by atoms with Gasteiger partial charge in [-0.2, -0.15) is 0 Å². The zero-order chi connectivity index (χ0) is 25.4. The van der Waals surface area contributed by atoms with Gasteiger partial charge < -0.3 is 9.84 Å². The van der Waals surface area contributed by atoms with Gasteiger partial charge in [0.05, 0.1) is 18.4 Å². The molecule has 0 bridgehead atoms. The van der Waals surface area contributed by atoms with Crippen LogP contribution in [0.25, 0.3) is 0 Å². The lowest BCUT2D eigenvalue weighted by Gasteiger charge is -2.30. The first-order chi connectivity index (χ1) is 16.1. The first-order valence-corrected chi connectivity index (χ1v) is 13.2. The highest BCUT2D eigenvalue weighted by atomic mass is 32.1. The predicted molar refractivity (Wildman–Crippen MR) is 138 cm³/mol. The topological polar surface area (TPSA) is 91.7 Å². The van der Waals surface area contributed by atoms with Gasteiger partial charge in [-0.15, -0.1) is 11.3 Å². The third-order valence-corrected chi connectivity index (χ3v) is 8.17. The van der Waals surface area contributed by atoms with E-state index in [4.69, 9.17) is 14.9 Å². The molecular formula is C27H42N2O4S. The highest BCUT2D eigenvalue weighted by Crippen LogP contribution is 2.42. The lowest BCUT2D eigenvalue weighted by atomic mass is 9.76. The zero-order valence-electron chi connectivity index (χ0n) is 21.6. The number of rotatable bonds is 13. The van der Waals surface area contributed by atoms with Gasteiger partial charge in [-0.1, -0.05) is 46.8 Å². The maximum atomic E-state index is 11.1. The van der Waals surface area contributed by atoms with Crippen molar-refractivity contribution in [3.05, 3.63) is 45.4 Å². The number of hydrogen-bond donors (Lipinski definition) is 3. The van der Waals surface area contributed by atoms with Gasteiger partial charge in [0.25, 0.3) is 0 Å². The molecule has 6 nitrogen and oxygen atoms in total. The highest BCUT2D eigenvalue weighted by Gasteiger charge is 2.34. The number of nitrogens with one attached hydrogen (secondary N) is 1. The van der Waals surface area contributed by atoms with Gasteiger partial charge in [0.1, 0.15) is 10.8 Å². The number of hydroxylamine groups is 1. The van der Waals surface area contributed by atoms with E-state index in [0.29, 0.717) is 19.4 Å². The smallest absolute Gasteiger partial charge is 0.243 e. The number of ether oxygens (including phenoxy) is 1. The number of carbonyl (C=O) groups is 1. The summed E-state index contributed by atoms with van der Waals surface area (Å²) in [7, 11) is 0. The molecule has 0 fully saturated rings. The fraction of sp³-hybridized carbons (Fsp3) is 0.630. The average Bonchev–Trinajstić information content (AvgIpc) is 3.19. The Morgan fingerprint density at radius 1 is 1.15 bits per heavy atom. The van der Waals surface area contributed by atoms with Crippen LogP contribution in [-0.4, -0.2) is 33.9 Å². The molecule has 1 aromatic carbocycles. The molecule has 2 aromatic rings. The molecule has 0 aliphatic rings. The third-order valence-electron chi connectivity index (χ3n) is 6.75. The van der Waals surface area contributed by atoms with Crippen LogP contribution in [0.4, 0.5) is 0 Å². The van der Waals surface area contributed by atoms with E-state index in [0.717, 1.165) is 48.6 Å². The van der Waals surface area contributed by atoms with Gasteiger partial charge in [-0.3, -0.25) is 10.0 Å². The van der Waals surface area contributed by atoms with Gasteiger partial charge in [0, 0.05) is 16.7 Å². The Labute approximate surface area is 208 Å². The normalized spacial score (nSPS) is 13.1. The molecule has 3 N–H and O–H groups in total. The molecule has 1 aromatic heterocycles. The van der Waals surface area contributed by atoms with Gasteiger partial charge in [-0.05, 0) is 68.6 Å². The predicted octanol–water partition coefficient (Wildman–Crippen LogP) is 5.95. The van der Waals surface area contributed by atoms with Crippen LogP contribution >= 0.6 is 11.3 Å². The van der Waals surface area contributed by atoms with Crippen molar-refractivity contribution in [1.29, 1.82) is 0 Å². The molecule has 1 heterocycles. The summed E-state index contributed by atoms with van der Waals surface area (Å²) in [4.78, 5) is 17.3. The fourth-order valence-electron chi connectivity index (χ4n) is 4.15. The number of carbonyl (C=O) groups excluding carboxylic acids is 1. The van der Waals surface area contributed by atoms with E-state index < -0.39 is 0 Å². The molecule has 0 saturated carbocycles. The Bertz CT molecular complexity index is 898. The molecule has 7 heteroatoms. The van der Waals surface area contributed by atoms with E-state index in [1.54, 1.807) is 16.8 Å². The molecule has 0 aliphatic carbocycles. The van der Waals surface area contributed by atoms with Crippen LogP contribution in [0, 0.1) is 12.3 Å². The second-order valence-corrected chi connectivity index (χ2v) is 11.2. The number of aromatic nitrogens is 1. The molecule has 0 spiro atoms. The minimum Gasteiger partial charge on any atom is -0.494 e. The number of amides is 1. The maximum Gasteiger partial charge on any atom is 0.243 e. The van der Waals surface area contributed by atoms with E-state index in [-0.39, 0.29) is 22.8 Å². The van der Waals surface area contributed by atoms with Gasteiger partial charge in [0.2, 0.25) is 5.91 Å². The largest absolute Gasteiger partial charge is 0.494 e. The number of hydrogen-bond acceptors (Lipinski definition) is 6. The number of benzene rings is 1. The number of aliphatic hydroxyl groups excluding tert-OH is 1. The van der Waals surface area contributed by atoms with Gasteiger partial charge in [-0.25, -0.2) is 10.5 Å². The molecule has 0 saturated heterocycles. The second kappa shape index (κ2) is 12.7. The highest BCUT2D eigenvalue weighted by molar-refractivity contribution is 7.12. The molecule has 1 amide bonds. The first-order valence-electron chi connectivity index (χ1n) is 12.4. The minimum absolute atomic E-state index is 0.115. The van der Waals surface area contributed by atoms with E-state index in [1.807, 2.05) is 12.1 Å². The summed E-state index contributed by atoms with van der Waals surface area (Å²) in [5.41, 5.74) is 3.69. The number of thiazole rings is 1. The van der Waals surface area contributed by atoms with E-state index in [2.05, 4.69) is 53.7 Å². The van der Waals surface area contributed by atoms with Crippen molar-refractivity contribution in [2.45, 2.75) is 98.0 Å². The summed E-state index contributed by atoms with van der Waals surface area (Å²) >= 11 is 1.79. The average molecular weight is 491 g/mol. The summed E-state index contributed by atoms with van der Waals surface area (Å²) in [6, 6.07) is 8.30. The van der Waals surface area contributed by atoms with Crippen molar-refractivity contribution < 1.29 is 19.8 Å². The van der Waals surface area contributed by atoms with E-state index >= 15 is 0 Å². The van der Waals surface area contributed by atoms with Gasteiger partial charge in [0.15, 0.2) is 0 Å². The zero-order valence-corrected chi connectivity index (χ0v) is 22.4. The number of aryl methyl sites for hydroxylation is 2. The summed E-state index contributed by atoms with van der Waals surface area (Å²) in [6.07, 6.45) is 4.86. The molecule has 34 heavy (non-hydrogen) atoms. The van der Waals surface area contributed by atoms with E-state index in [9.17, 15) is 9.90 Å². The summed E-state index contributed by atoms with van der Waals surface area (Å²) in [6.45, 7) is 13.3. The monoisotopic (exact) mass is 490 g/mol. The van der Waals surface area contributed by atoms with E-state index in [1.165, 1.54) is 10.4 Å². The lowest BCUT2D eigenvalue weighted by Crippen LogP contribution is -2.26. The Hall–Kier alpha value is -1.96. The summed E-state index contributed by atoms with van der Waals surface area (Å²) < 4.78 is 5.84. The van der Waals surface area contributed by atoms with Gasteiger partial charge >= 0.3 is 0 Å².